The lowest BCUT2D eigenvalue weighted by Crippen LogP contribution is -2.39. The lowest BCUT2D eigenvalue weighted by atomic mass is 10.4. The van der Waals surface area contributed by atoms with Crippen molar-refractivity contribution in [1.29, 1.82) is 0 Å². The number of carboxylic acid groups (broad SMARTS) is 1. The first-order valence-electron chi connectivity index (χ1n) is 3.92. The largest absolute Gasteiger partial charge is 0.480 e. The first kappa shape index (κ1) is 14.3. The molecule has 0 aromatic carbocycles. The molecule has 0 aromatic heterocycles. The van der Waals surface area contributed by atoms with E-state index in [0.717, 1.165) is 6.26 Å². The van der Waals surface area contributed by atoms with Crippen molar-refractivity contribution in [3.8, 4) is 0 Å². The predicted molar refractivity (Wildman–Crippen MR) is 54.0 cm³/mol. The minimum absolute atomic E-state index is 0.568. The average molecular weight is 259 g/mol. The number of carbonyl (C=O) groups is 1. The highest BCUT2D eigenvalue weighted by Crippen LogP contribution is 2.03. The lowest BCUT2D eigenvalue weighted by molar-refractivity contribution is -0.136. The Kier molecular flexibility index (Phi) is 4.68. The summed E-state index contributed by atoms with van der Waals surface area (Å²) in [5.41, 5.74) is 4.99. The Morgan fingerprint density at radius 3 is 2.00 bits per heavy atom. The number of sulfone groups is 2. The second-order valence-corrected chi connectivity index (χ2v) is 7.62. The standard InChI is InChI=1S/C6H13NO6S2/c1-14(10,11)2-3-15(12,13)5(4-7)6(8)9/h5H,2-4,7H2,1H3,(H,8,9). The minimum Gasteiger partial charge on any atom is -0.480 e. The zero-order valence-corrected chi connectivity index (χ0v) is 9.71. The van der Waals surface area contributed by atoms with Crippen molar-refractivity contribution < 1.29 is 26.7 Å². The highest BCUT2D eigenvalue weighted by atomic mass is 32.2. The molecule has 1 atom stereocenters. The fraction of sp³-hybridized carbons (Fsp3) is 0.833. The molecule has 0 saturated carbocycles. The van der Waals surface area contributed by atoms with Gasteiger partial charge in [0.2, 0.25) is 0 Å². The molecular formula is C6H13NO6S2. The van der Waals surface area contributed by atoms with Gasteiger partial charge in [0.25, 0.3) is 0 Å². The average Bonchev–Trinajstić information content (AvgIpc) is 1.99. The number of hydrogen-bond acceptors (Lipinski definition) is 6. The van der Waals surface area contributed by atoms with E-state index in [9.17, 15) is 21.6 Å². The Morgan fingerprint density at radius 2 is 1.73 bits per heavy atom. The molecule has 7 nitrogen and oxygen atoms in total. The van der Waals surface area contributed by atoms with E-state index in [1.54, 1.807) is 0 Å². The van der Waals surface area contributed by atoms with Crippen molar-refractivity contribution >= 4 is 25.6 Å². The van der Waals surface area contributed by atoms with E-state index in [-0.39, 0.29) is 0 Å². The molecule has 3 N–H and O–H groups in total. The summed E-state index contributed by atoms with van der Waals surface area (Å²) < 4.78 is 44.1. The lowest BCUT2D eigenvalue weighted by Gasteiger charge is -2.10. The van der Waals surface area contributed by atoms with Crippen molar-refractivity contribution in [2.45, 2.75) is 5.25 Å². The van der Waals surface area contributed by atoms with Crippen LogP contribution in [0.3, 0.4) is 0 Å². The monoisotopic (exact) mass is 259 g/mol. The molecule has 0 bridgehead atoms. The van der Waals surface area contributed by atoms with Gasteiger partial charge in [-0.05, 0) is 0 Å². The van der Waals surface area contributed by atoms with Gasteiger partial charge in [0.05, 0.1) is 11.5 Å². The Bertz CT molecular complexity index is 423. The van der Waals surface area contributed by atoms with Crippen LogP contribution in [0.25, 0.3) is 0 Å². The van der Waals surface area contributed by atoms with E-state index >= 15 is 0 Å². The molecule has 0 rings (SSSR count). The molecule has 0 spiro atoms. The van der Waals surface area contributed by atoms with Gasteiger partial charge in [-0.3, -0.25) is 4.79 Å². The highest BCUT2D eigenvalue weighted by molar-refractivity contribution is 7.95. The van der Waals surface area contributed by atoms with Crippen molar-refractivity contribution in [1.82, 2.24) is 0 Å². The number of hydrogen-bond donors (Lipinski definition) is 2. The van der Waals surface area contributed by atoms with Gasteiger partial charge in [0.15, 0.2) is 15.1 Å². The summed E-state index contributed by atoms with van der Waals surface area (Å²) in [5, 5.41) is 6.79. The number of carboxylic acids is 1. The maximum absolute atomic E-state index is 11.3. The molecule has 0 aromatic rings. The third-order valence-electron chi connectivity index (χ3n) is 1.66. The molecule has 9 heteroatoms. The molecule has 0 saturated heterocycles. The summed E-state index contributed by atoms with van der Waals surface area (Å²) in [6.45, 7) is -0.568. The third kappa shape index (κ3) is 5.09. The van der Waals surface area contributed by atoms with Gasteiger partial charge in [0, 0.05) is 12.8 Å². The smallest absolute Gasteiger partial charge is 0.323 e. The number of nitrogens with two attached hydrogens (primary N) is 1. The number of aliphatic carboxylic acids is 1. The van der Waals surface area contributed by atoms with Crippen LogP contribution >= 0.6 is 0 Å². The number of rotatable bonds is 6. The molecule has 0 aliphatic rings. The second-order valence-electron chi connectivity index (χ2n) is 3.06. The van der Waals surface area contributed by atoms with E-state index in [4.69, 9.17) is 10.8 Å². The Labute approximate surface area is 88.1 Å². The Balaban J connectivity index is 4.76. The summed E-state index contributed by atoms with van der Waals surface area (Å²) >= 11 is 0. The molecule has 0 radical (unpaired) electrons. The van der Waals surface area contributed by atoms with E-state index in [0.29, 0.717) is 0 Å². The van der Waals surface area contributed by atoms with E-state index in [1.165, 1.54) is 0 Å². The van der Waals surface area contributed by atoms with E-state index in [2.05, 4.69) is 0 Å². The van der Waals surface area contributed by atoms with Gasteiger partial charge in [0.1, 0.15) is 9.84 Å². The minimum atomic E-state index is -4.01. The van der Waals surface area contributed by atoms with Crippen LogP contribution in [0.15, 0.2) is 0 Å². The molecule has 0 amide bonds. The summed E-state index contributed by atoms with van der Waals surface area (Å²) in [5.74, 6) is -2.88. The van der Waals surface area contributed by atoms with Crippen LogP contribution in [-0.2, 0) is 24.5 Å². The highest BCUT2D eigenvalue weighted by Gasteiger charge is 2.31. The van der Waals surface area contributed by atoms with Gasteiger partial charge in [-0.25, -0.2) is 16.8 Å². The SMILES string of the molecule is CS(=O)(=O)CCS(=O)(=O)C(CN)C(=O)O. The van der Waals surface area contributed by atoms with Crippen LogP contribution in [0.1, 0.15) is 0 Å². The van der Waals surface area contributed by atoms with Crippen molar-refractivity contribution in [2.24, 2.45) is 5.73 Å². The van der Waals surface area contributed by atoms with Gasteiger partial charge >= 0.3 is 5.97 Å². The Morgan fingerprint density at radius 1 is 1.27 bits per heavy atom. The van der Waals surface area contributed by atoms with Crippen molar-refractivity contribution in [3.63, 3.8) is 0 Å². The predicted octanol–water partition coefficient (Wildman–Crippen LogP) is -2.14. The summed E-state index contributed by atoms with van der Waals surface area (Å²) in [6, 6.07) is 0. The molecule has 15 heavy (non-hydrogen) atoms. The molecule has 0 heterocycles. The first-order chi connectivity index (χ1) is 6.60. The van der Waals surface area contributed by atoms with Crippen LogP contribution < -0.4 is 5.73 Å². The molecule has 0 aliphatic carbocycles. The molecule has 1 unspecified atom stereocenters. The third-order valence-corrected chi connectivity index (χ3v) is 4.90. The van der Waals surface area contributed by atoms with Crippen molar-refractivity contribution in [3.05, 3.63) is 0 Å². The van der Waals surface area contributed by atoms with Crippen LogP contribution in [0.4, 0.5) is 0 Å². The quantitative estimate of drug-likeness (QED) is 0.556. The fourth-order valence-corrected chi connectivity index (χ4v) is 3.84. The molecular weight excluding hydrogens is 246 g/mol. The van der Waals surface area contributed by atoms with E-state index in [1.807, 2.05) is 0 Å². The summed E-state index contributed by atoms with van der Waals surface area (Å²) in [7, 11) is -7.45. The van der Waals surface area contributed by atoms with Gasteiger partial charge in [-0.15, -0.1) is 0 Å². The summed E-state index contributed by atoms with van der Waals surface area (Å²) in [4.78, 5) is 10.5. The second kappa shape index (κ2) is 4.90. The normalized spacial score (nSPS) is 14.8. The zero-order chi connectivity index (χ0) is 12.3. The Hall–Kier alpha value is -0.670. The molecule has 90 valence electrons. The first-order valence-corrected chi connectivity index (χ1v) is 7.70. The molecule has 0 aliphatic heterocycles. The van der Waals surface area contributed by atoms with Crippen LogP contribution in [0.5, 0.6) is 0 Å². The van der Waals surface area contributed by atoms with Gasteiger partial charge in [-0.2, -0.15) is 0 Å². The topological polar surface area (TPSA) is 132 Å². The maximum atomic E-state index is 11.3. The molecule has 0 fully saturated rings. The van der Waals surface area contributed by atoms with Crippen LogP contribution in [0, 0.1) is 0 Å². The zero-order valence-electron chi connectivity index (χ0n) is 8.08. The van der Waals surface area contributed by atoms with Crippen LogP contribution in [0.2, 0.25) is 0 Å². The summed E-state index contributed by atoms with van der Waals surface area (Å²) in [6.07, 6.45) is 0.876. The maximum Gasteiger partial charge on any atom is 0.323 e. The fourth-order valence-electron chi connectivity index (χ4n) is 0.811. The van der Waals surface area contributed by atoms with Crippen LogP contribution in [-0.4, -0.2) is 57.5 Å². The van der Waals surface area contributed by atoms with E-state index < -0.39 is 48.9 Å². The van der Waals surface area contributed by atoms with Crippen molar-refractivity contribution in [2.75, 3.05) is 24.3 Å². The van der Waals surface area contributed by atoms with Gasteiger partial charge in [-0.1, -0.05) is 0 Å². The van der Waals surface area contributed by atoms with Gasteiger partial charge < -0.3 is 10.8 Å².